The van der Waals surface area contributed by atoms with Crippen molar-refractivity contribution in [2.75, 3.05) is 13.2 Å². The zero-order valence-electron chi connectivity index (χ0n) is 15.0. The van der Waals surface area contributed by atoms with Crippen LogP contribution in [0.15, 0.2) is 47.6 Å². The van der Waals surface area contributed by atoms with Gasteiger partial charge in [-0.15, -0.1) is 10.2 Å². The van der Waals surface area contributed by atoms with Crippen LogP contribution in [0, 0.1) is 5.82 Å². The summed E-state index contributed by atoms with van der Waals surface area (Å²) < 4.78 is 26.6. The minimum atomic E-state index is -0.225. The first kappa shape index (κ1) is 17.9. The maximum Gasteiger partial charge on any atom is 0.191 e. The molecule has 140 valence electrons. The van der Waals surface area contributed by atoms with Crippen molar-refractivity contribution in [3.05, 3.63) is 53.8 Å². The molecule has 0 spiro atoms. The lowest BCUT2D eigenvalue weighted by molar-refractivity contribution is 0.297. The third-order valence-electron chi connectivity index (χ3n) is 4.32. The van der Waals surface area contributed by atoms with Gasteiger partial charge in [0.15, 0.2) is 22.5 Å². The summed E-state index contributed by atoms with van der Waals surface area (Å²) in [6.07, 6.45) is 0.874. The highest BCUT2D eigenvalue weighted by Gasteiger charge is 2.17. The van der Waals surface area contributed by atoms with Crippen molar-refractivity contribution >= 4 is 11.8 Å². The van der Waals surface area contributed by atoms with Crippen LogP contribution in [0.1, 0.15) is 18.9 Å². The molecule has 7 heteroatoms. The summed E-state index contributed by atoms with van der Waals surface area (Å²) in [5, 5.41) is 9.59. The topological polar surface area (TPSA) is 49.2 Å². The number of thioether (sulfide) groups is 1. The SMILES string of the molecule is CCn1c(SCc2ccc(F)cc2)nnc1-c1ccc2c(c1)OCCCO2. The number of nitrogens with zero attached hydrogens (tertiary/aromatic N) is 3. The Labute approximate surface area is 161 Å². The molecule has 0 aliphatic carbocycles. The lowest BCUT2D eigenvalue weighted by Crippen LogP contribution is -2.00. The van der Waals surface area contributed by atoms with Crippen LogP contribution >= 0.6 is 11.8 Å². The first-order valence-corrected chi connectivity index (χ1v) is 9.93. The molecular weight excluding hydrogens is 365 g/mol. The molecule has 2 aromatic carbocycles. The highest BCUT2D eigenvalue weighted by atomic mass is 32.2. The van der Waals surface area contributed by atoms with Gasteiger partial charge in [0, 0.05) is 24.3 Å². The molecule has 5 nitrogen and oxygen atoms in total. The van der Waals surface area contributed by atoms with Gasteiger partial charge in [0.1, 0.15) is 5.82 Å². The van der Waals surface area contributed by atoms with Gasteiger partial charge in [-0.1, -0.05) is 23.9 Å². The molecule has 0 saturated carbocycles. The van der Waals surface area contributed by atoms with E-state index in [1.807, 2.05) is 18.2 Å². The number of benzene rings is 2. The van der Waals surface area contributed by atoms with Gasteiger partial charge in [-0.3, -0.25) is 0 Å². The third kappa shape index (κ3) is 3.93. The number of hydrogen-bond acceptors (Lipinski definition) is 5. The van der Waals surface area contributed by atoms with Gasteiger partial charge in [0.05, 0.1) is 13.2 Å². The van der Waals surface area contributed by atoms with Crippen LogP contribution in [0.2, 0.25) is 0 Å². The molecule has 2 heterocycles. The largest absolute Gasteiger partial charge is 0.490 e. The van der Waals surface area contributed by atoms with Crippen molar-refractivity contribution < 1.29 is 13.9 Å². The van der Waals surface area contributed by atoms with Crippen LogP contribution in [0.4, 0.5) is 4.39 Å². The van der Waals surface area contributed by atoms with Crippen molar-refractivity contribution in [3.63, 3.8) is 0 Å². The Morgan fingerprint density at radius 3 is 2.59 bits per heavy atom. The fourth-order valence-electron chi connectivity index (χ4n) is 2.92. The van der Waals surface area contributed by atoms with Gasteiger partial charge >= 0.3 is 0 Å². The molecule has 0 bridgehead atoms. The number of halogens is 1. The zero-order valence-corrected chi connectivity index (χ0v) is 15.8. The Bertz CT molecular complexity index is 927. The van der Waals surface area contributed by atoms with E-state index in [1.54, 1.807) is 23.9 Å². The van der Waals surface area contributed by atoms with E-state index in [1.165, 1.54) is 12.1 Å². The molecule has 0 fully saturated rings. The van der Waals surface area contributed by atoms with Crippen LogP contribution in [0.5, 0.6) is 11.5 Å². The maximum atomic E-state index is 13.1. The molecular formula is C20H20FN3O2S. The lowest BCUT2D eigenvalue weighted by atomic mass is 10.2. The van der Waals surface area contributed by atoms with Crippen LogP contribution in [0.25, 0.3) is 11.4 Å². The first-order chi connectivity index (χ1) is 13.2. The molecule has 1 aliphatic heterocycles. The van der Waals surface area contributed by atoms with E-state index in [0.29, 0.717) is 19.0 Å². The second kappa shape index (κ2) is 8.00. The fraction of sp³-hybridized carbons (Fsp3) is 0.300. The summed E-state index contributed by atoms with van der Waals surface area (Å²) in [7, 11) is 0. The third-order valence-corrected chi connectivity index (χ3v) is 5.36. The quantitative estimate of drug-likeness (QED) is 0.603. The molecule has 1 aliphatic rings. The van der Waals surface area contributed by atoms with E-state index < -0.39 is 0 Å². The molecule has 1 aromatic heterocycles. The molecule has 3 aromatic rings. The van der Waals surface area contributed by atoms with Crippen LogP contribution in [-0.4, -0.2) is 28.0 Å². The van der Waals surface area contributed by atoms with Gasteiger partial charge < -0.3 is 14.0 Å². The van der Waals surface area contributed by atoms with Crippen LogP contribution < -0.4 is 9.47 Å². The van der Waals surface area contributed by atoms with Crippen LogP contribution in [-0.2, 0) is 12.3 Å². The fourth-order valence-corrected chi connectivity index (χ4v) is 3.88. The van der Waals surface area contributed by atoms with Gasteiger partial charge in [0.25, 0.3) is 0 Å². The number of hydrogen-bond donors (Lipinski definition) is 0. The highest BCUT2D eigenvalue weighted by Crippen LogP contribution is 2.34. The minimum Gasteiger partial charge on any atom is -0.490 e. The number of fused-ring (bicyclic) bond motifs is 1. The monoisotopic (exact) mass is 385 g/mol. The highest BCUT2D eigenvalue weighted by molar-refractivity contribution is 7.98. The number of aromatic nitrogens is 3. The molecule has 0 amide bonds. The predicted octanol–water partition coefficient (Wildman–Crippen LogP) is 4.56. The van der Waals surface area contributed by atoms with Crippen molar-refractivity contribution in [3.8, 4) is 22.9 Å². The minimum absolute atomic E-state index is 0.225. The molecule has 0 saturated heterocycles. The Balaban J connectivity index is 1.57. The molecule has 0 unspecified atom stereocenters. The summed E-state index contributed by atoms with van der Waals surface area (Å²) in [6.45, 7) is 4.14. The van der Waals surface area contributed by atoms with Gasteiger partial charge in [-0.25, -0.2) is 4.39 Å². The van der Waals surface area contributed by atoms with E-state index in [0.717, 1.165) is 46.6 Å². The summed E-state index contributed by atoms with van der Waals surface area (Å²) in [5.41, 5.74) is 1.99. The van der Waals surface area contributed by atoms with Crippen LogP contribution in [0.3, 0.4) is 0 Å². The Kier molecular flexibility index (Phi) is 5.29. The average molecular weight is 385 g/mol. The molecule has 27 heavy (non-hydrogen) atoms. The van der Waals surface area contributed by atoms with Crippen molar-refractivity contribution in [1.82, 2.24) is 14.8 Å². The number of rotatable bonds is 5. The Morgan fingerprint density at radius 2 is 1.81 bits per heavy atom. The van der Waals surface area contributed by atoms with Crippen molar-refractivity contribution in [2.45, 2.75) is 30.8 Å². The van der Waals surface area contributed by atoms with Crippen molar-refractivity contribution in [2.24, 2.45) is 0 Å². The standard InChI is InChI=1S/C20H20FN3O2S/c1-2-24-19(15-6-9-17-18(12-15)26-11-3-10-25-17)22-23-20(24)27-13-14-4-7-16(21)8-5-14/h4-9,12H,2-3,10-11,13H2,1H3. The maximum absolute atomic E-state index is 13.1. The Hall–Kier alpha value is -2.54. The van der Waals surface area contributed by atoms with Gasteiger partial charge in [-0.2, -0.15) is 0 Å². The van der Waals surface area contributed by atoms with Gasteiger partial charge in [-0.05, 0) is 42.8 Å². The lowest BCUT2D eigenvalue weighted by Gasteiger charge is -2.10. The first-order valence-electron chi connectivity index (χ1n) is 8.95. The second-order valence-electron chi connectivity index (χ2n) is 6.18. The molecule has 0 atom stereocenters. The molecule has 4 rings (SSSR count). The molecule has 0 radical (unpaired) electrons. The summed E-state index contributed by atoms with van der Waals surface area (Å²) in [5.74, 6) is 2.80. The molecule has 0 N–H and O–H groups in total. The van der Waals surface area contributed by atoms with E-state index in [9.17, 15) is 4.39 Å². The van der Waals surface area contributed by atoms with E-state index in [-0.39, 0.29) is 5.82 Å². The average Bonchev–Trinajstić information content (AvgIpc) is 2.96. The number of ether oxygens (including phenoxy) is 2. The smallest absolute Gasteiger partial charge is 0.191 e. The summed E-state index contributed by atoms with van der Waals surface area (Å²) in [6, 6.07) is 12.4. The normalized spacial score (nSPS) is 13.4. The second-order valence-corrected chi connectivity index (χ2v) is 7.12. The zero-order chi connectivity index (χ0) is 18.6. The van der Waals surface area contributed by atoms with E-state index >= 15 is 0 Å². The summed E-state index contributed by atoms with van der Waals surface area (Å²) >= 11 is 1.59. The summed E-state index contributed by atoms with van der Waals surface area (Å²) in [4.78, 5) is 0. The predicted molar refractivity (Wildman–Crippen MR) is 103 cm³/mol. The van der Waals surface area contributed by atoms with E-state index in [2.05, 4.69) is 21.7 Å². The Morgan fingerprint density at radius 1 is 1.04 bits per heavy atom. The van der Waals surface area contributed by atoms with E-state index in [4.69, 9.17) is 9.47 Å². The van der Waals surface area contributed by atoms with Gasteiger partial charge in [0.2, 0.25) is 0 Å². The van der Waals surface area contributed by atoms with Crippen molar-refractivity contribution in [1.29, 1.82) is 0 Å².